The Morgan fingerprint density at radius 2 is 1.15 bits per heavy atom. The van der Waals surface area contributed by atoms with Gasteiger partial charge in [0.25, 0.3) is 10.4 Å². The number of aromatic nitrogens is 2. The van der Waals surface area contributed by atoms with Crippen LogP contribution in [0.2, 0.25) is 0 Å². The predicted molar refractivity (Wildman–Crippen MR) is 156 cm³/mol. The van der Waals surface area contributed by atoms with Crippen LogP contribution in [0.15, 0.2) is 97.1 Å². The summed E-state index contributed by atoms with van der Waals surface area (Å²) >= 11 is 3.00. The van der Waals surface area contributed by atoms with E-state index < -0.39 is 11.4 Å². The molecule has 194 valence electrons. The summed E-state index contributed by atoms with van der Waals surface area (Å²) in [6, 6.07) is 31.5. The number of para-hydroxylation sites is 2. The van der Waals surface area contributed by atoms with E-state index in [4.69, 9.17) is 9.47 Å². The fourth-order valence-corrected chi connectivity index (χ4v) is 6.25. The van der Waals surface area contributed by atoms with Crippen molar-refractivity contribution in [3.8, 4) is 21.9 Å². The van der Waals surface area contributed by atoms with Gasteiger partial charge in [-0.2, -0.15) is 0 Å². The van der Waals surface area contributed by atoms with Gasteiger partial charge in [0.05, 0.1) is 20.4 Å². The third-order valence-corrected chi connectivity index (χ3v) is 8.61. The molecule has 39 heavy (non-hydrogen) atoms. The van der Waals surface area contributed by atoms with Gasteiger partial charge in [-0.25, -0.2) is 9.97 Å². The van der Waals surface area contributed by atoms with Crippen molar-refractivity contribution in [3.63, 3.8) is 0 Å². The van der Waals surface area contributed by atoms with E-state index in [1.165, 1.54) is 22.7 Å². The molecule has 2 heterocycles. The summed E-state index contributed by atoms with van der Waals surface area (Å²) < 4.78 is 14.2. The Labute approximate surface area is 233 Å². The second-order valence-corrected chi connectivity index (χ2v) is 11.4. The van der Waals surface area contributed by atoms with Crippen LogP contribution in [0.1, 0.15) is 30.9 Å². The highest BCUT2D eigenvalue weighted by molar-refractivity contribution is 7.20. The van der Waals surface area contributed by atoms with Crippen LogP contribution in [-0.4, -0.2) is 21.0 Å². The van der Waals surface area contributed by atoms with Gasteiger partial charge >= 0.3 is 5.97 Å². The molecule has 0 fully saturated rings. The minimum atomic E-state index is -0.826. The monoisotopic (exact) mass is 552 g/mol. The smallest absolute Gasteiger partial charge is 0.303 e. The summed E-state index contributed by atoms with van der Waals surface area (Å²) in [7, 11) is 0. The quantitative estimate of drug-likeness (QED) is 0.193. The maximum atomic E-state index is 11.5. The molecular formula is C31H24N2O4S2. The minimum absolute atomic E-state index is 0.0460. The Balaban J connectivity index is 1.23. The van der Waals surface area contributed by atoms with E-state index >= 15 is 0 Å². The van der Waals surface area contributed by atoms with E-state index in [1.807, 2.05) is 97.1 Å². The molecule has 1 N–H and O–H groups in total. The number of carbonyl (C=O) groups is 1. The second kappa shape index (κ2) is 10.5. The number of hydrogen-bond donors (Lipinski definition) is 1. The van der Waals surface area contributed by atoms with Gasteiger partial charge in [0.1, 0.15) is 11.5 Å². The summed E-state index contributed by atoms with van der Waals surface area (Å²) in [6.45, 7) is 2.07. The first-order valence-corrected chi connectivity index (χ1v) is 14.1. The van der Waals surface area contributed by atoms with Crippen LogP contribution in [0.5, 0.6) is 21.9 Å². The maximum Gasteiger partial charge on any atom is 0.303 e. The van der Waals surface area contributed by atoms with Gasteiger partial charge in [0, 0.05) is 11.8 Å². The van der Waals surface area contributed by atoms with Crippen LogP contribution in [0, 0.1) is 0 Å². The number of hydrogen-bond acceptors (Lipinski definition) is 7. The first kappa shape index (κ1) is 25.0. The van der Waals surface area contributed by atoms with Gasteiger partial charge < -0.3 is 14.6 Å². The molecular weight excluding hydrogens is 528 g/mol. The van der Waals surface area contributed by atoms with Gasteiger partial charge in [-0.1, -0.05) is 78.1 Å². The molecule has 0 bridgehead atoms. The van der Waals surface area contributed by atoms with Crippen LogP contribution in [0.4, 0.5) is 0 Å². The number of nitrogens with zero attached hydrogens (tertiary/aromatic N) is 2. The predicted octanol–water partition coefficient (Wildman–Crippen LogP) is 8.66. The number of aliphatic carboxylic acids is 1. The van der Waals surface area contributed by atoms with Gasteiger partial charge in [0.2, 0.25) is 0 Å². The second-order valence-electron chi connectivity index (χ2n) is 9.37. The topological polar surface area (TPSA) is 81.5 Å². The fraction of sp³-hybridized carbons (Fsp3) is 0.129. The van der Waals surface area contributed by atoms with Gasteiger partial charge in [-0.3, -0.25) is 4.79 Å². The van der Waals surface area contributed by atoms with E-state index in [0.29, 0.717) is 28.3 Å². The molecule has 6 rings (SSSR count). The average molecular weight is 553 g/mol. The zero-order valence-electron chi connectivity index (χ0n) is 21.0. The maximum absolute atomic E-state index is 11.5. The Morgan fingerprint density at radius 3 is 1.56 bits per heavy atom. The van der Waals surface area contributed by atoms with Crippen LogP contribution in [-0.2, 0) is 10.2 Å². The summed E-state index contributed by atoms with van der Waals surface area (Å²) in [5.41, 5.74) is 3.29. The molecule has 0 saturated carbocycles. The van der Waals surface area contributed by atoms with Gasteiger partial charge in [0.15, 0.2) is 0 Å². The van der Waals surface area contributed by atoms with Gasteiger partial charge in [-0.15, -0.1) is 0 Å². The lowest BCUT2D eigenvalue weighted by atomic mass is 9.73. The van der Waals surface area contributed by atoms with Crippen molar-refractivity contribution in [2.24, 2.45) is 0 Å². The lowest BCUT2D eigenvalue weighted by Crippen LogP contribution is -2.24. The molecule has 2 aromatic heterocycles. The molecule has 8 heteroatoms. The first-order valence-electron chi connectivity index (χ1n) is 12.5. The molecule has 0 amide bonds. The molecule has 0 saturated heterocycles. The van der Waals surface area contributed by atoms with Gasteiger partial charge in [-0.05, 0) is 66.1 Å². The number of rotatable bonds is 9. The molecule has 0 spiro atoms. The normalized spacial score (nSPS) is 11.6. The summed E-state index contributed by atoms with van der Waals surface area (Å²) in [5, 5.41) is 10.6. The zero-order valence-corrected chi connectivity index (χ0v) is 22.7. The van der Waals surface area contributed by atoms with Crippen molar-refractivity contribution in [1.29, 1.82) is 0 Å². The van der Waals surface area contributed by atoms with Crippen molar-refractivity contribution in [2.45, 2.75) is 25.2 Å². The molecule has 0 atom stereocenters. The van der Waals surface area contributed by atoms with E-state index in [-0.39, 0.29) is 6.42 Å². The zero-order chi connectivity index (χ0) is 26.8. The third kappa shape index (κ3) is 5.34. The SMILES string of the molecule is CC(CCC(=O)O)(c1ccc(Oc2nc3ccccc3s2)cc1)c1ccc(Oc2nc3ccccc3s2)cc1. The number of thiazole rings is 2. The standard InChI is InChI=1S/C31H24N2O4S2/c1-31(19-18-28(34)35,20-10-14-22(15-11-20)36-29-32-24-6-2-4-8-26(24)38-29)21-12-16-23(17-13-21)37-30-33-25-7-3-5-9-27(25)39-30/h2-17H,18-19H2,1H3,(H,34,35). The Hall–Kier alpha value is -4.27. The molecule has 0 unspecified atom stereocenters. The highest BCUT2D eigenvalue weighted by Gasteiger charge is 2.30. The van der Waals surface area contributed by atoms with Crippen molar-refractivity contribution in [1.82, 2.24) is 9.97 Å². The Bertz CT molecular complexity index is 1570. The molecule has 6 nitrogen and oxygen atoms in total. The number of carboxylic acids is 1. The lowest BCUT2D eigenvalue weighted by molar-refractivity contribution is -0.137. The summed E-state index contributed by atoms with van der Waals surface area (Å²) in [4.78, 5) is 20.6. The number of ether oxygens (including phenoxy) is 2. The highest BCUT2D eigenvalue weighted by atomic mass is 32.1. The number of fused-ring (bicyclic) bond motifs is 2. The van der Waals surface area contributed by atoms with E-state index in [0.717, 1.165) is 31.6 Å². The molecule has 0 aliphatic heterocycles. The van der Waals surface area contributed by atoms with Crippen molar-refractivity contribution in [3.05, 3.63) is 108 Å². The van der Waals surface area contributed by atoms with E-state index in [1.54, 1.807) is 0 Å². The third-order valence-electron chi connectivity index (χ3n) is 6.78. The molecule has 4 aromatic carbocycles. The Kier molecular flexibility index (Phi) is 6.72. The van der Waals surface area contributed by atoms with E-state index in [9.17, 15) is 9.90 Å². The molecule has 0 aliphatic carbocycles. The first-order chi connectivity index (χ1) is 19.0. The van der Waals surface area contributed by atoms with Crippen LogP contribution in [0.3, 0.4) is 0 Å². The Morgan fingerprint density at radius 1 is 0.718 bits per heavy atom. The van der Waals surface area contributed by atoms with Crippen molar-refractivity contribution < 1.29 is 19.4 Å². The van der Waals surface area contributed by atoms with Crippen molar-refractivity contribution in [2.75, 3.05) is 0 Å². The fourth-order valence-electron chi connectivity index (χ4n) is 4.59. The van der Waals surface area contributed by atoms with Crippen LogP contribution < -0.4 is 9.47 Å². The minimum Gasteiger partial charge on any atom is -0.481 e. The number of benzene rings is 4. The largest absolute Gasteiger partial charge is 0.481 e. The van der Waals surface area contributed by atoms with Crippen LogP contribution >= 0.6 is 22.7 Å². The summed E-state index contributed by atoms with van der Waals surface area (Å²) in [6.07, 6.45) is 0.489. The lowest BCUT2D eigenvalue weighted by Gasteiger charge is -2.31. The molecule has 6 aromatic rings. The summed E-state index contributed by atoms with van der Waals surface area (Å²) in [5.74, 6) is 0.531. The highest BCUT2D eigenvalue weighted by Crippen LogP contribution is 2.39. The molecule has 0 aliphatic rings. The van der Waals surface area contributed by atoms with E-state index in [2.05, 4.69) is 16.9 Å². The average Bonchev–Trinajstić information content (AvgIpc) is 3.55. The molecule has 0 radical (unpaired) electrons. The number of carboxylic acid groups (broad SMARTS) is 1. The van der Waals surface area contributed by atoms with Crippen LogP contribution in [0.25, 0.3) is 20.4 Å². The van der Waals surface area contributed by atoms with Crippen molar-refractivity contribution >= 4 is 49.1 Å².